The number of rotatable bonds is 10. The molecule has 0 aromatic heterocycles. The van der Waals surface area contributed by atoms with E-state index in [2.05, 4.69) is 10.6 Å². The Balaban J connectivity index is 1.66. The van der Waals surface area contributed by atoms with Crippen LogP contribution in [0.1, 0.15) is 43.6 Å². The van der Waals surface area contributed by atoms with Crippen molar-refractivity contribution in [3.63, 3.8) is 0 Å². The zero-order valence-electron chi connectivity index (χ0n) is 21.9. The van der Waals surface area contributed by atoms with Crippen LogP contribution in [0.4, 0.5) is 5.69 Å². The van der Waals surface area contributed by atoms with Crippen LogP contribution < -0.4 is 10.6 Å². The highest BCUT2D eigenvalue weighted by atomic mass is 16.6. The number of ether oxygens (including phenoxy) is 3. The number of phenols is 1. The molecular formula is C28H30N2O9. The van der Waals surface area contributed by atoms with E-state index in [1.807, 2.05) is 30.3 Å². The Hall–Kier alpha value is -4.67. The van der Waals surface area contributed by atoms with Gasteiger partial charge in [-0.3, -0.25) is 14.4 Å². The van der Waals surface area contributed by atoms with Gasteiger partial charge in [-0.05, 0) is 45.4 Å². The van der Waals surface area contributed by atoms with E-state index in [0.29, 0.717) is 12.8 Å². The number of nitrogens with one attached hydrogen (secondary N) is 2. The van der Waals surface area contributed by atoms with E-state index >= 15 is 0 Å². The van der Waals surface area contributed by atoms with Gasteiger partial charge in [-0.1, -0.05) is 42.5 Å². The van der Waals surface area contributed by atoms with E-state index in [0.717, 1.165) is 5.56 Å². The van der Waals surface area contributed by atoms with Crippen molar-refractivity contribution in [2.75, 3.05) is 5.32 Å². The van der Waals surface area contributed by atoms with Crippen LogP contribution in [0.25, 0.3) is 0 Å². The predicted octanol–water partition coefficient (Wildman–Crippen LogP) is 2.63. The smallest absolute Gasteiger partial charge is 0.355 e. The molecule has 11 nitrogen and oxygen atoms in total. The van der Waals surface area contributed by atoms with Gasteiger partial charge in [0.2, 0.25) is 6.41 Å². The van der Waals surface area contributed by atoms with Gasteiger partial charge in [0, 0.05) is 6.42 Å². The van der Waals surface area contributed by atoms with Crippen LogP contribution in [0.3, 0.4) is 0 Å². The molecule has 0 bridgehead atoms. The summed E-state index contributed by atoms with van der Waals surface area (Å²) in [6, 6.07) is 13.4. The fourth-order valence-corrected chi connectivity index (χ4v) is 3.98. The topological polar surface area (TPSA) is 157 Å². The van der Waals surface area contributed by atoms with E-state index < -0.39 is 53.3 Å². The van der Waals surface area contributed by atoms with Crippen LogP contribution in [-0.2, 0) is 39.8 Å². The van der Waals surface area contributed by atoms with Gasteiger partial charge in [0.05, 0.1) is 11.3 Å². The fourth-order valence-electron chi connectivity index (χ4n) is 3.98. The average molecular weight is 539 g/mol. The molecule has 3 atom stereocenters. The predicted molar refractivity (Wildman–Crippen MR) is 138 cm³/mol. The molecule has 39 heavy (non-hydrogen) atoms. The van der Waals surface area contributed by atoms with E-state index in [9.17, 15) is 29.1 Å². The quantitative estimate of drug-likeness (QED) is 0.136. The lowest BCUT2D eigenvalue weighted by Crippen LogP contribution is -2.42. The summed E-state index contributed by atoms with van der Waals surface area (Å²) < 4.78 is 16.3. The van der Waals surface area contributed by atoms with Crippen molar-refractivity contribution in [1.29, 1.82) is 0 Å². The Kier molecular flexibility index (Phi) is 9.08. The molecule has 0 radical (unpaired) electrons. The molecule has 1 fully saturated rings. The van der Waals surface area contributed by atoms with Gasteiger partial charge in [-0.15, -0.1) is 0 Å². The zero-order valence-corrected chi connectivity index (χ0v) is 21.9. The van der Waals surface area contributed by atoms with Crippen molar-refractivity contribution in [3.8, 4) is 5.75 Å². The molecule has 1 saturated heterocycles. The van der Waals surface area contributed by atoms with Crippen molar-refractivity contribution in [3.05, 3.63) is 71.4 Å². The van der Waals surface area contributed by atoms with Crippen molar-refractivity contribution in [1.82, 2.24) is 5.32 Å². The molecule has 11 heteroatoms. The SMILES string of the molecule is C/C=C(\NC(=O)c1cccc(NC=O)c1O)C(=O)O[C@H](C)C(=O)O[C@H]1[C@@H](Cc2ccccc2)OC(=O)C1(C)C. The molecule has 2 aromatic carbocycles. The Bertz CT molecular complexity index is 1290. The monoisotopic (exact) mass is 538 g/mol. The lowest BCUT2D eigenvalue weighted by molar-refractivity contribution is -0.173. The first kappa shape index (κ1) is 28.9. The molecule has 0 aliphatic carbocycles. The molecule has 2 amide bonds. The highest BCUT2D eigenvalue weighted by molar-refractivity contribution is 6.04. The number of phenolic OH excluding ortho intramolecular Hbond substituents is 1. The number of para-hydroxylation sites is 1. The minimum atomic E-state index is -1.39. The number of carbonyl (C=O) groups excluding carboxylic acids is 5. The van der Waals surface area contributed by atoms with E-state index in [1.54, 1.807) is 13.8 Å². The Morgan fingerprint density at radius 1 is 1.13 bits per heavy atom. The second-order valence-corrected chi connectivity index (χ2v) is 9.38. The third-order valence-electron chi connectivity index (χ3n) is 6.22. The van der Waals surface area contributed by atoms with Crippen LogP contribution in [0.15, 0.2) is 60.3 Å². The van der Waals surface area contributed by atoms with Crippen LogP contribution in [0, 0.1) is 5.41 Å². The Labute approximate surface area is 225 Å². The maximum absolute atomic E-state index is 12.9. The first-order chi connectivity index (χ1) is 18.5. The second kappa shape index (κ2) is 12.2. The van der Waals surface area contributed by atoms with Crippen molar-refractivity contribution < 1.29 is 43.3 Å². The molecule has 2 aromatic rings. The molecule has 3 rings (SSSR count). The number of amides is 2. The summed E-state index contributed by atoms with van der Waals surface area (Å²) in [7, 11) is 0. The highest BCUT2D eigenvalue weighted by Crippen LogP contribution is 2.37. The van der Waals surface area contributed by atoms with E-state index in [4.69, 9.17) is 14.2 Å². The van der Waals surface area contributed by atoms with Gasteiger partial charge in [0.25, 0.3) is 5.91 Å². The second-order valence-electron chi connectivity index (χ2n) is 9.38. The summed E-state index contributed by atoms with van der Waals surface area (Å²) in [5, 5.41) is 14.8. The maximum Gasteiger partial charge on any atom is 0.355 e. The summed E-state index contributed by atoms with van der Waals surface area (Å²) >= 11 is 0. The third-order valence-corrected chi connectivity index (χ3v) is 6.22. The van der Waals surface area contributed by atoms with Crippen LogP contribution in [0.2, 0.25) is 0 Å². The fraction of sp³-hybridized carbons (Fsp3) is 0.321. The number of hydrogen-bond donors (Lipinski definition) is 3. The van der Waals surface area contributed by atoms with Gasteiger partial charge in [-0.2, -0.15) is 0 Å². The van der Waals surface area contributed by atoms with Crippen molar-refractivity contribution in [2.24, 2.45) is 5.41 Å². The van der Waals surface area contributed by atoms with E-state index in [-0.39, 0.29) is 16.9 Å². The van der Waals surface area contributed by atoms with Gasteiger partial charge >= 0.3 is 17.9 Å². The number of hydrogen-bond acceptors (Lipinski definition) is 9. The van der Waals surface area contributed by atoms with Crippen molar-refractivity contribution in [2.45, 2.75) is 52.4 Å². The largest absolute Gasteiger partial charge is 0.505 e. The van der Waals surface area contributed by atoms with Gasteiger partial charge in [-0.25, -0.2) is 9.59 Å². The summed E-state index contributed by atoms with van der Waals surface area (Å²) in [6.07, 6.45) is -1.13. The molecular weight excluding hydrogens is 508 g/mol. The van der Waals surface area contributed by atoms with Crippen LogP contribution >= 0.6 is 0 Å². The number of benzene rings is 2. The number of anilines is 1. The first-order valence-corrected chi connectivity index (χ1v) is 12.2. The van der Waals surface area contributed by atoms with Crippen LogP contribution in [-0.4, -0.2) is 53.6 Å². The van der Waals surface area contributed by atoms with Crippen molar-refractivity contribution >= 4 is 35.9 Å². The van der Waals surface area contributed by atoms with E-state index in [1.165, 1.54) is 38.1 Å². The average Bonchev–Trinajstić information content (AvgIpc) is 3.11. The van der Waals surface area contributed by atoms with Gasteiger partial charge in [0.15, 0.2) is 18.0 Å². The molecule has 1 aliphatic heterocycles. The zero-order chi connectivity index (χ0) is 28.7. The minimum absolute atomic E-state index is 0.00138. The Morgan fingerprint density at radius 3 is 2.46 bits per heavy atom. The number of carbonyl (C=O) groups is 5. The standard InChI is InChI=1S/C28H30N2O9/c1-5-19(30-24(33)18-12-9-13-20(22(18)32)29-15-31)26(35)37-16(2)25(34)39-23-21(38-27(36)28(23,3)4)14-17-10-7-6-8-11-17/h5-13,15-16,21,23,32H,14H2,1-4H3,(H,29,31)(H,30,33)/b19-5-/t16-,21-,23+/m1/s1. The van der Waals surface area contributed by atoms with Gasteiger partial charge in [0.1, 0.15) is 17.2 Å². The lowest BCUT2D eigenvalue weighted by Gasteiger charge is -2.26. The molecule has 1 heterocycles. The molecule has 0 saturated carbocycles. The van der Waals surface area contributed by atoms with Crippen LogP contribution in [0.5, 0.6) is 5.75 Å². The number of esters is 3. The number of allylic oxidation sites excluding steroid dienone is 1. The highest BCUT2D eigenvalue weighted by Gasteiger charge is 2.54. The number of cyclic esters (lactones) is 1. The molecule has 206 valence electrons. The summed E-state index contributed by atoms with van der Waals surface area (Å²) in [5.74, 6) is -3.79. The summed E-state index contributed by atoms with van der Waals surface area (Å²) in [4.78, 5) is 61.4. The summed E-state index contributed by atoms with van der Waals surface area (Å²) in [6.45, 7) is 5.98. The van der Waals surface area contributed by atoms with Gasteiger partial charge < -0.3 is 30.0 Å². The first-order valence-electron chi connectivity index (χ1n) is 12.2. The molecule has 0 unspecified atom stereocenters. The minimum Gasteiger partial charge on any atom is -0.505 e. The third kappa shape index (κ3) is 6.61. The maximum atomic E-state index is 12.9. The molecule has 1 aliphatic rings. The Morgan fingerprint density at radius 2 is 1.82 bits per heavy atom. The normalized spacial score (nSPS) is 18.9. The summed E-state index contributed by atoms with van der Waals surface area (Å²) in [5.41, 5.74) is -0.744. The molecule has 0 spiro atoms. The number of aromatic hydroxyl groups is 1. The lowest BCUT2D eigenvalue weighted by atomic mass is 9.85. The molecule has 3 N–H and O–H groups in total.